The zero-order valence-electron chi connectivity index (χ0n) is 10.5. The molecule has 2 fully saturated rings. The lowest BCUT2D eigenvalue weighted by molar-refractivity contribution is -0.147. The molecule has 2 aliphatic carbocycles. The number of hydrogen-bond acceptors (Lipinski definition) is 2. The van der Waals surface area contributed by atoms with Crippen LogP contribution in [0.4, 0.5) is 0 Å². The molecule has 2 N–H and O–H groups in total. The van der Waals surface area contributed by atoms with Crippen molar-refractivity contribution in [2.24, 2.45) is 11.3 Å². The zero-order chi connectivity index (χ0) is 12.0. The van der Waals surface area contributed by atoms with Crippen molar-refractivity contribution in [3.05, 3.63) is 0 Å². The van der Waals surface area contributed by atoms with Crippen LogP contribution in [0.25, 0.3) is 0 Å². The van der Waals surface area contributed by atoms with E-state index in [1.165, 1.54) is 6.42 Å². The molecule has 16 heavy (non-hydrogen) atoms. The molecule has 0 spiro atoms. The summed E-state index contributed by atoms with van der Waals surface area (Å²) >= 11 is 0. The molecule has 2 aliphatic rings. The second kappa shape index (κ2) is 3.73. The summed E-state index contributed by atoms with van der Waals surface area (Å²) in [5.41, 5.74) is -0.348. The molecule has 0 amide bonds. The maximum atomic E-state index is 11.5. The maximum absolute atomic E-state index is 11.5. The van der Waals surface area contributed by atoms with Crippen molar-refractivity contribution >= 4 is 5.97 Å². The van der Waals surface area contributed by atoms with Gasteiger partial charge in [0.15, 0.2) is 0 Å². The molecule has 0 radical (unpaired) electrons. The Bertz CT molecular complexity index is 300. The Labute approximate surface area is 97.6 Å². The third-order valence-electron chi connectivity index (χ3n) is 4.37. The van der Waals surface area contributed by atoms with Crippen molar-refractivity contribution in [1.29, 1.82) is 0 Å². The molecule has 3 heteroatoms. The van der Waals surface area contributed by atoms with Crippen molar-refractivity contribution in [2.45, 2.75) is 64.5 Å². The van der Waals surface area contributed by atoms with Crippen LogP contribution in [0.5, 0.6) is 0 Å². The second-order valence-corrected chi connectivity index (χ2v) is 6.48. The fraction of sp³-hybridized carbons (Fsp3) is 0.923. The first-order chi connectivity index (χ1) is 7.36. The van der Waals surface area contributed by atoms with E-state index in [0.717, 1.165) is 25.7 Å². The van der Waals surface area contributed by atoms with E-state index < -0.39 is 11.5 Å². The van der Waals surface area contributed by atoms with Gasteiger partial charge in [-0.05, 0) is 30.6 Å². The van der Waals surface area contributed by atoms with Crippen molar-refractivity contribution in [1.82, 2.24) is 5.32 Å². The number of carboxylic acid groups (broad SMARTS) is 1. The summed E-state index contributed by atoms with van der Waals surface area (Å²) in [6.45, 7) is 6.56. The lowest BCUT2D eigenvalue weighted by Crippen LogP contribution is -2.56. The molecular formula is C13H23NO2. The molecule has 0 aromatic heterocycles. The average Bonchev–Trinajstić information content (AvgIpc) is 2.72. The van der Waals surface area contributed by atoms with Crippen LogP contribution in [-0.4, -0.2) is 22.7 Å². The normalized spacial score (nSPS) is 41.7. The van der Waals surface area contributed by atoms with Crippen LogP contribution >= 0.6 is 0 Å². The first-order valence-corrected chi connectivity index (χ1v) is 6.37. The van der Waals surface area contributed by atoms with Crippen molar-refractivity contribution in [3.8, 4) is 0 Å². The smallest absolute Gasteiger partial charge is 0.323 e. The SMILES string of the molecule is CC1CCCC(NC2CC2(C)C)(C(=O)O)C1. The van der Waals surface area contributed by atoms with Crippen LogP contribution in [-0.2, 0) is 4.79 Å². The predicted molar refractivity (Wildman–Crippen MR) is 63.3 cm³/mol. The van der Waals surface area contributed by atoms with Gasteiger partial charge >= 0.3 is 5.97 Å². The van der Waals surface area contributed by atoms with Gasteiger partial charge in [-0.25, -0.2) is 0 Å². The lowest BCUT2D eigenvalue weighted by atomic mass is 9.76. The molecule has 0 heterocycles. The molecule has 2 saturated carbocycles. The zero-order valence-corrected chi connectivity index (χ0v) is 10.5. The van der Waals surface area contributed by atoms with Crippen LogP contribution in [0.15, 0.2) is 0 Å². The lowest BCUT2D eigenvalue weighted by Gasteiger charge is -2.38. The van der Waals surface area contributed by atoms with Gasteiger partial charge in [0.25, 0.3) is 0 Å². The molecule has 0 saturated heterocycles. The van der Waals surface area contributed by atoms with Crippen molar-refractivity contribution in [3.63, 3.8) is 0 Å². The molecule has 0 aromatic carbocycles. The minimum atomic E-state index is -0.651. The molecule has 92 valence electrons. The number of carbonyl (C=O) groups is 1. The van der Waals surface area contributed by atoms with Gasteiger partial charge in [0, 0.05) is 6.04 Å². The minimum Gasteiger partial charge on any atom is -0.480 e. The van der Waals surface area contributed by atoms with Crippen molar-refractivity contribution in [2.75, 3.05) is 0 Å². The number of rotatable bonds is 3. The molecule has 0 aliphatic heterocycles. The van der Waals surface area contributed by atoms with Crippen LogP contribution in [0.3, 0.4) is 0 Å². The molecule has 3 atom stereocenters. The Balaban J connectivity index is 2.07. The maximum Gasteiger partial charge on any atom is 0.323 e. The van der Waals surface area contributed by atoms with E-state index in [9.17, 15) is 9.90 Å². The van der Waals surface area contributed by atoms with E-state index in [1.807, 2.05) is 0 Å². The van der Waals surface area contributed by atoms with E-state index in [1.54, 1.807) is 0 Å². The third kappa shape index (κ3) is 2.10. The monoisotopic (exact) mass is 225 g/mol. The van der Waals surface area contributed by atoms with Gasteiger partial charge in [0.2, 0.25) is 0 Å². The van der Waals surface area contributed by atoms with Crippen LogP contribution < -0.4 is 5.32 Å². The highest BCUT2D eigenvalue weighted by atomic mass is 16.4. The second-order valence-electron chi connectivity index (χ2n) is 6.48. The Hall–Kier alpha value is -0.570. The molecule has 0 bridgehead atoms. The summed E-state index contributed by atoms with van der Waals surface area (Å²) in [7, 11) is 0. The van der Waals surface area contributed by atoms with Crippen molar-refractivity contribution < 1.29 is 9.90 Å². The van der Waals surface area contributed by atoms with Gasteiger partial charge in [-0.2, -0.15) is 0 Å². The molecule has 0 aromatic rings. The number of aliphatic carboxylic acids is 1. The largest absolute Gasteiger partial charge is 0.480 e. The van der Waals surface area contributed by atoms with Gasteiger partial charge < -0.3 is 5.11 Å². The fourth-order valence-electron chi connectivity index (χ4n) is 2.99. The van der Waals surface area contributed by atoms with Crippen LogP contribution in [0.1, 0.15) is 52.9 Å². The van der Waals surface area contributed by atoms with Gasteiger partial charge in [0.1, 0.15) is 5.54 Å². The first kappa shape index (κ1) is 11.9. The highest BCUT2D eigenvalue weighted by molar-refractivity contribution is 5.79. The summed E-state index contributed by atoms with van der Waals surface area (Å²) in [5.74, 6) is -0.124. The summed E-state index contributed by atoms with van der Waals surface area (Å²) in [5, 5.41) is 12.9. The van der Waals surface area contributed by atoms with E-state index in [2.05, 4.69) is 26.1 Å². The summed E-state index contributed by atoms with van der Waals surface area (Å²) < 4.78 is 0. The highest BCUT2D eigenvalue weighted by Crippen LogP contribution is 2.47. The number of nitrogens with one attached hydrogen (secondary N) is 1. The minimum absolute atomic E-state index is 0.295. The summed E-state index contributed by atoms with van der Waals surface area (Å²) in [4.78, 5) is 11.5. The average molecular weight is 225 g/mol. The number of hydrogen-bond donors (Lipinski definition) is 2. The predicted octanol–water partition coefficient (Wildman–Crippen LogP) is 2.41. The molecule has 3 nitrogen and oxygen atoms in total. The Morgan fingerprint density at radius 2 is 2.00 bits per heavy atom. The van der Waals surface area contributed by atoms with Crippen LogP contribution in [0, 0.1) is 11.3 Å². The first-order valence-electron chi connectivity index (χ1n) is 6.37. The fourth-order valence-corrected chi connectivity index (χ4v) is 2.99. The molecular weight excluding hydrogens is 202 g/mol. The Morgan fingerprint density at radius 1 is 1.38 bits per heavy atom. The van der Waals surface area contributed by atoms with E-state index >= 15 is 0 Å². The van der Waals surface area contributed by atoms with E-state index in [0.29, 0.717) is 17.4 Å². The summed E-state index contributed by atoms with van der Waals surface area (Å²) in [6, 6.07) is 0.397. The molecule has 2 rings (SSSR count). The van der Waals surface area contributed by atoms with Gasteiger partial charge in [-0.15, -0.1) is 0 Å². The standard InChI is InChI=1S/C13H23NO2/c1-9-5-4-6-13(7-9,11(15)16)14-10-8-12(10,2)3/h9-10,14H,4-8H2,1-3H3,(H,15,16). The quantitative estimate of drug-likeness (QED) is 0.775. The van der Waals surface area contributed by atoms with Gasteiger partial charge in [0.05, 0.1) is 0 Å². The highest BCUT2D eigenvalue weighted by Gasteiger charge is 2.52. The van der Waals surface area contributed by atoms with Gasteiger partial charge in [-0.1, -0.05) is 33.6 Å². The van der Waals surface area contributed by atoms with Gasteiger partial charge in [-0.3, -0.25) is 10.1 Å². The van der Waals surface area contributed by atoms with E-state index in [-0.39, 0.29) is 0 Å². The summed E-state index contributed by atoms with van der Waals surface area (Å²) in [6.07, 6.45) is 4.89. The van der Waals surface area contributed by atoms with E-state index in [4.69, 9.17) is 0 Å². The topological polar surface area (TPSA) is 49.3 Å². The Morgan fingerprint density at radius 3 is 2.44 bits per heavy atom. The Kier molecular flexibility index (Phi) is 2.77. The number of carboxylic acids is 1. The van der Waals surface area contributed by atoms with Crippen LogP contribution in [0.2, 0.25) is 0 Å². The molecule has 3 unspecified atom stereocenters. The third-order valence-corrected chi connectivity index (χ3v) is 4.37.